The number of alkyl halides is 6. The molecule has 2 aromatic rings. The maximum absolute atomic E-state index is 12.0. The smallest absolute Gasteiger partial charge is 0.475 e. The van der Waals surface area contributed by atoms with Crippen molar-refractivity contribution in [3.05, 3.63) is 36.3 Å². The lowest BCUT2D eigenvalue weighted by Gasteiger charge is -2.26. The van der Waals surface area contributed by atoms with Gasteiger partial charge in [0.15, 0.2) is 11.5 Å². The molecule has 0 saturated carbocycles. The molecule has 0 aromatic carbocycles. The monoisotopic (exact) mass is 530 g/mol. The number of hydrogen-bond acceptors (Lipinski definition) is 8. The molecule has 36 heavy (non-hydrogen) atoms. The van der Waals surface area contributed by atoms with Crippen molar-refractivity contribution in [3.63, 3.8) is 0 Å². The van der Waals surface area contributed by atoms with Crippen molar-refractivity contribution in [3.8, 4) is 11.3 Å². The van der Waals surface area contributed by atoms with Gasteiger partial charge in [-0.1, -0.05) is 5.16 Å². The van der Waals surface area contributed by atoms with Gasteiger partial charge >= 0.3 is 24.3 Å². The number of amides is 1. The summed E-state index contributed by atoms with van der Waals surface area (Å²) in [5, 5.41) is 20.9. The number of rotatable bonds is 5. The highest BCUT2D eigenvalue weighted by Gasteiger charge is 2.38. The predicted octanol–water partition coefficient (Wildman–Crippen LogP) is 2.07. The van der Waals surface area contributed by atoms with Crippen LogP contribution in [0.15, 0.2) is 35.1 Å². The first-order valence-corrected chi connectivity index (χ1v) is 9.77. The van der Waals surface area contributed by atoms with Gasteiger partial charge < -0.3 is 24.8 Å². The maximum atomic E-state index is 12.0. The van der Waals surface area contributed by atoms with Crippen LogP contribution in [0, 0.1) is 0 Å². The Morgan fingerprint density at radius 3 is 2.06 bits per heavy atom. The average molecular weight is 530 g/mol. The number of hydrogen-bond donors (Lipinski definition) is 3. The van der Waals surface area contributed by atoms with Crippen molar-refractivity contribution in [2.24, 2.45) is 0 Å². The standard InChI is InChI=1S/C15H18N4O3.2C2HF3O2/c20-15(17-4-5-19-6-8-21-9-7-19)13-10-14(22-18-13)12-2-1-3-16-11-12;2*3-2(4,5)1(6)7/h1-3,10-11H,4-9H2,(H,17,20);2*(H,6,7). The molecule has 1 amide bonds. The molecule has 1 fully saturated rings. The van der Waals surface area contributed by atoms with E-state index in [1.807, 2.05) is 6.07 Å². The van der Waals surface area contributed by atoms with Gasteiger partial charge in [-0.2, -0.15) is 26.3 Å². The third-order valence-electron chi connectivity index (χ3n) is 3.99. The number of nitrogens with one attached hydrogen (secondary N) is 1. The number of carbonyl (C=O) groups excluding carboxylic acids is 1. The van der Waals surface area contributed by atoms with Crippen LogP contribution in [0.25, 0.3) is 11.3 Å². The van der Waals surface area contributed by atoms with Gasteiger partial charge in [0.05, 0.1) is 13.2 Å². The second kappa shape index (κ2) is 14.0. The number of carboxylic acid groups (broad SMARTS) is 2. The molecule has 0 unspecified atom stereocenters. The zero-order valence-corrected chi connectivity index (χ0v) is 18.2. The van der Waals surface area contributed by atoms with Crippen LogP contribution in [0.4, 0.5) is 26.3 Å². The van der Waals surface area contributed by atoms with E-state index in [-0.39, 0.29) is 11.6 Å². The van der Waals surface area contributed by atoms with Crippen LogP contribution >= 0.6 is 0 Å². The van der Waals surface area contributed by atoms with Crippen LogP contribution in [-0.2, 0) is 14.3 Å². The number of ether oxygens (including phenoxy) is 1. The molecule has 0 aliphatic carbocycles. The summed E-state index contributed by atoms with van der Waals surface area (Å²) in [4.78, 5) is 36.1. The summed E-state index contributed by atoms with van der Waals surface area (Å²) in [6, 6.07) is 5.29. The number of nitrogens with zero attached hydrogens (tertiary/aromatic N) is 3. The number of carboxylic acids is 2. The third kappa shape index (κ3) is 11.6. The zero-order chi connectivity index (χ0) is 27.4. The van der Waals surface area contributed by atoms with Gasteiger partial charge in [0.1, 0.15) is 0 Å². The third-order valence-corrected chi connectivity index (χ3v) is 3.99. The fourth-order valence-corrected chi connectivity index (χ4v) is 2.27. The number of aliphatic carboxylic acids is 2. The highest BCUT2D eigenvalue weighted by Crippen LogP contribution is 2.18. The predicted molar refractivity (Wildman–Crippen MR) is 107 cm³/mol. The molecular weight excluding hydrogens is 510 g/mol. The molecule has 17 heteroatoms. The first-order chi connectivity index (χ1) is 16.7. The minimum absolute atomic E-state index is 0.229. The number of aromatic nitrogens is 2. The Labute approximate surface area is 198 Å². The van der Waals surface area contributed by atoms with Crippen molar-refractivity contribution in [2.45, 2.75) is 12.4 Å². The molecule has 0 bridgehead atoms. The largest absolute Gasteiger partial charge is 0.490 e. The Balaban J connectivity index is 0.000000383. The molecule has 0 atom stereocenters. The van der Waals surface area contributed by atoms with Crippen molar-refractivity contribution < 1.29 is 60.2 Å². The molecule has 0 radical (unpaired) electrons. The minimum Gasteiger partial charge on any atom is -0.475 e. The van der Waals surface area contributed by atoms with Crippen molar-refractivity contribution in [2.75, 3.05) is 39.4 Å². The lowest BCUT2D eigenvalue weighted by Crippen LogP contribution is -2.41. The molecule has 2 aromatic heterocycles. The van der Waals surface area contributed by atoms with Crippen molar-refractivity contribution in [1.82, 2.24) is 20.4 Å². The van der Waals surface area contributed by atoms with Gasteiger partial charge in [-0.05, 0) is 12.1 Å². The summed E-state index contributed by atoms with van der Waals surface area (Å²) < 4.78 is 73.9. The van der Waals surface area contributed by atoms with Gasteiger partial charge in [0, 0.05) is 50.2 Å². The Kier molecular flexibility index (Phi) is 11.8. The molecule has 200 valence electrons. The molecule has 3 rings (SSSR count). The maximum Gasteiger partial charge on any atom is 0.490 e. The molecular formula is C19H20F6N4O7. The van der Waals surface area contributed by atoms with E-state index < -0.39 is 24.3 Å². The molecule has 11 nitrogen and oxygen atoms in total. The van der Waals surface area contributed by atoms with Gasteiger partial charge in [0.25, 0.3) is 5.91 Å². The summed E-state index contributed by atoms with van der Waals surface area (Å²) in [5.41, 5.74) is 1.07. The van der Waals surface area contributed by atoms with Crippen molar-refractivity contribution in [1.29, 1.82) is 0 Å². The fraction of sp³-hybridized carbons (Fsp3) is 0.421. The summed E-state index contributed by atoms with van der Waals surface area (Å²) >= 11 is 0. The molecule has 1 aliphatic rings. The summed E-state index contributed by atoms with van der Waals surface area (Å²) in [5.74, 6) is -5.21. The number of carbonyl (C=O) groups is 3. The highest BCUT2D eigenvalue weighted by molar-refractivity contribution is 5.93. The van der Waals surface area contributed by atoms with Gasteiger partial charge in [0.2, 0.25) is 0 Å². The summed E-state index contributed by atoms with van der Waals surface area (Å²) in [7, 11) is 0. The fourth-order valence-electron chi connectivity index (χ4n) is 2.27. The molecule has 1 aliphatic heterocycles. The molecule has 1 saturated heterocycles. The Morgan fingerprint density at radius 2 is 1.58 bits per heavy atom. The van der Waals surface area contributed by atoms with E-state index >= 15 is 0 Å². The van der Waals surface area contributed by atoms with E-state index in [2.05, 4.69) is 20.4 Å². The van der Waals surface area contributed by atoms with E-state index in [0.29, 0.717) is 12.3 Å². The lowest BCUT2D eigenvalue weighted by atomic mass is 10.2. The number of halogens is 6. The van der Waals surface area contributed by atoms with E-state index in [0.717, 1.165) is 38.4 Å². The normalized spacial score (nSPS) is 13.9. The van der Waals surface area contributed by atoms with Crippen LogP contribution < -0.4 is 5.32 Å². The van der Waals surface area contributed by atoms with E-state index in [4.69, 9.17) is 29.1 Å². The summed E-state index contributed by atoms with van der Waals surface area (Å²) in [6.07, 6.45) is -6.82. The lowest BCUT2D eigenvalue weighted by molar-refractivity contribution is -0.193. The van der Waals surface area contributed by atoms with Crippen LogP contribution in [0.1, 0.15) is 10.5 Å². The minimum atomic E-state index is -5.08. The number of morpholine rings is 1. The number of pyridine rings is 1. The quantitative estimate of drug-likeness (QED) is 0.490. The van der Waals surface area contributed by atoms with Crippen LogP contribution in [0.5, 0.6) is 0 Å². The Hall–Kier alpha value is -3.73. The molecule has 3 heterocycles. The van der Waals surface area contributed by atoms with E-state index in [1.54, 1.807) is 24.5 Å². The molecule has 0 spiro atoms. The van der Waals surface area contributed by atoms with Gasteiger partial charge in [-0.25, -0.2) is 9.59 Å². The van der Waals surface area contributed by atoms with E-state index in [9.17, 15) is 31.1 Å². The SMILES string of the molecule is O=C(NCCN1CCOCC1)c1cc(-c2cccnc2)on1.O=C(O)C(F)(F)F.O=C(O)C(F)(F)F. The summed E-state index contributed by atoms with van der Waals surface area (Å²) in [6.45, 7) is 4.71. The highest BCUT2D eigenvalue weighted by atomic mass is 19.4. The molecule has 3 N–H and O–H groups in total. The average Bonchev–Trinajstić information content (AvgIpc) is 3.30. The topological polar surface area (TPSA) is 155 Å². The second-order valence-electron chi connectivity index (χ2n) is 6.63. The first-order valence-electron chi connectivity index (χ1n) is 9.77. The van der Waals surface area contributed by atoms with Crippen LogP contribution in [0.2, 0.25) is 0 Å². The van der Waals surface area contributed by atoms with Gasteiger partial charge in [-0.15, -0.1) is 0 Å². The zero-order valence-electron chi connectivity index (χ0n) is 18.2. The second-order valence-corrected chi connectivity index (χ2v) is 6.63. The Bertz CT molecular complexity index is 953. The van der Waals surface area contributed by atoms with Crippen molar-refractivity contribution >= 4 is 17.8 Å². The van der Waals surface area contributed by atoms with E-state index in [1.165, 1.54) is 0 Å². The van der Waals surface area contributed by atoms with Crippen LogP contribution in [-0.4, -0.2) is 94.8 Å². The van der Waals surface area contributed by atoms with Gasteiger partial charge in [-0.3, -0.25) is 14.7 Å². The first kappa shape index (κ1) is 30.3. The van der Waals surface area contributed by atoms with Crippen LogP contribution in [0.3, 0.4) is 0 Å². The Morgan fingerprint density at radius 1 is 1.03 bits per heavy atom.